The van der Waals surface area contributed by atoms with Crippen LogP contribution in [0, 0.1) is 13.8 Å². The van der Waals surface area contributed by atoms with Gasteiger partial charge in [0.1, 0.15) is 0 Å². The van der Waals surface area contributed by atoms with Crippen molar-refractivity contribution in [2.45, 2.75) is 13.8 Å². The van der Waals surface area contributed by atoms with Crippen LogP contribution in [0.4, 0.5) is 0 Å². The molecular weight excluding hydrogens is 635 g/mol. The average Bonchev–Trinajstić information content (AvgIpc) is 3.70. The highest BCUT2D eigenvalue weighted by Gasteiger charge is 2.19. The van der Waals surface area contributed by atoms with Crippen molar-refractivity contribution in [2.75, 3.05) is 0 Å². The van der Waals surface area contributed by atoms with Crippen molar-refractivity contribution in [1.29, 1.82) is 0 Å². The molecular formula is C47H33N5. The molecule has 0 atom stereocenters. The van der Waals surface area contributed by atoms with Crippen LogP contribution < -0.4 is 0 Å². The minimum atomic E-state index is 0.593. The lowest BCUT2D eigenvalue weighted by atomic mass is 10.0. The Morgan fingerprint density at radius 3 is 1.56 bits per heavy atom. The first-order valence-electron chi connectivity index (χ1n) is 17.6. The molecule has 0 aliphatic carbocycles. The predicted molar refractivity (Wildman–Crippen MR) is 214 cm³/mol. The highest BCUT2D eigenvalue weighted by atomic mass is 15.2. The van der Waals surface area contributed by atoms with Gasteiger partial charge in [-0.25, -0.2) is 4.98 Å². The third-order valence-corrected chi connectivity index (χ3v) is 10.1. The van der Waals surface area contributed by atoms with E-state index >= 15 is 0 Å². The van der Waals surface area contributed by atoms with E-state index in [0.717, 1.165) is 60.9 Å². The summed E-state index contributed by atoms with van der Waals surface area (Å²) in [6.45, 7) is 4.19. The number of aryl methyl sites for hydroxylation is 2. The zero-order valence-corrected chi connectivity index (χ0v) is 28.8. The normalized spacial score (nSPS) is 11.7. The second kappa shape index (κ2) is 11.9. The molecule has 5 heteroatoms. The van der Waals surface area contributed by atoms with Crippen molar-refractivity contribution >= 4 is 43.6 Å². The third-order valence-electron chi connectivity index (χ3n) is 10.1. The average molecular weight is 668 g/mol. The number of nitrogens with zero attached hydrogens (tertiary/aromatic N) is 5. The summed E-state index contributed by atoms with van der Waals surface area (Å²) in [5, 5.41) is 4.78. The Bertz CT molecular complexity index is 2920. The topological polar surface area (TPSA) is 48.5 Å². The second-order valence-corrected chi connectivity index (χ2v) is 13.5. The lowest BCUT2D eigenvalue weighted by Gasteiger charge is -2.12. The maximum absolute atomic E-state index is 5.15. The van der Waals surface area contributed by atoms with Crippen LogP contribution in [0.25, 0.3) is 89.2 Å². The largest absolute Gasteiger partial charge is 0.309 e. The molecule has 3 aromatic heterocycles. The molecule has 0 saturated heterocycles. The molecule has 5 nitrogen and oxygen atoms in total. The molecule has 0 N–H and O–H groups in total. The van der Waals surface area contributed by atoms with Crippen molar-refractivity contribution < 1.29 is 0 Å². The van der Waals surface area contributed by atoms with Gasteiger partial charge in [0.2, 0.25) is 5.95 Å². The summed E-state index contributed by atoms with van der Waals surface area (Å²) in [6, 6.07) is 58.1. The lowest BCUT2D eigenvalue weighted by molar-refractivity contribution is 0.953. The zero-order valence-electron chi connectivity index (χ0n) is 28.8. The minimum absolute atomic E-state index is 0.593. The molecule has 0 unspecified atom stereocenters. The van der Waals surface area contributed by atoms with Gasteiger partial charge in [-0.05, 0) is 79.6 Å². The van der Waals surface area contributed by atoms with Gasteiger partial charge in [0.05, 0.1) is 22.1 Å². The first kappa shape index (κ1) is 30.0. The quantitative estimate of drug-likeness (QED) is 0.184. The summed E-state index contributed by atoms with van der Waals surface area (Å²) in [6.07, 6.45) is 0. The summed E-state index contributed by atoms with van der Waals surface area (Å²) >= 11 is 0. The molecule has 246 valence electrons. The fraction of sp³-hybridized carbons (Fsp3) is 0.0426. The van der Waals surface area contributed by atoms with Crippen LogP contribution in [0.15, 0.2) is 164 Å². The Morgan fingerprint density at radius 2 is 0.885 bits per heavy atom. The number of para-hydroxylation sites is 3. The number of benzene rings is 7. The van der Waals surface area contributed by atoms with Crippen molar-refractivity contribution in [2.24, 2.45) is 0 Å². The summed E-state index contributed by atoms with van der Waals surface area (Å²) in [5.74, 6) is 1.89. The van der Waals surface area contributed by atoms with Crippen LogP contribution in [0.5, 0.6) is 0 Å². The van der Waals surface area contributed by atoms with Gasteiger partial charge in [-0.2, -0.15) is 9.97 Å². The predicted octanol–water partition coefficient (Wildman–Crippen LogP) is 11.7. The van der Waals surface area contributed by atoms with Gasteiger partial charge in [-0.3, -0.25) is 4.57 Å². The van der Waals surface area contributed by atoms with Gasteiger partial charge in [-0.1, -0.05) is 120 Å². The van der Waals surface area contributed by atoms with E-state index in [0.29, 0.717) is 17.6 Å². The van der Waals surface area contributed by atoms with Gasteiger partial charge in [0.15, 0.2) is 11.6 Å². The number of hydrogen-bond donors (Lipinski definition) is 0. The maximum atomic E-state index is 5.15. The maximum Gasteiger partial charge on any atom is 0.238 e. The highest BCUT2D eigenvalue weighted by molar-refractivity contribution is 6.12. The number of fused-ring (bicyclic) bond motifs is 6. The van der Waals surface area contributed by atoms with Crippen molar-refractivity contribution in [3.8, 4) is 45.5 Å². The molecule has 3 heterocycles. The summed E-state index contributed by atoms with van der Waals surface area (Å²) < 4.78 is 4.56. The van der Waals surface area contributed by atoms with Crippen molar-refractivity contribution in [1.82, 2.24) is 24.1 Å². The summed E-state index contributed by atoms with van der Waals surface area (Å²) in [5.41, 5.74) is 12.2. The Hall–Kier alpha value is -6.85. The molecule has 0 spiro atoms. The number of hydrogen-bond acceptors (Lipinski definition) is 3. The van der Waals surface area contributed by atoms with E-state index in [1.165, 1.54) is 21.8 Å². The van der Waals surface area contributed by atoms with Crippen LogP contribution in [0.3, 0.4) is 0 Å². The minimum Gasteiger partial charge on any atom is -0.309 e. The van der Waals surface area contributed by atoms with Gasteiger partial charge < -0.3 is 4.57 Å². The molecule has 0 aliphatic rings. The fourth-order valence-electron chi connectivity index (χ4n) is 7.66. The Labute approximate surface area is 301 Å². The molecule has 7 aromatic carbocycles. The zero-order chi connectivity index (χ0) is 34.8. The first-order valence-corrected chi connectivity index (χ1v) is 17.6. The Kier molecular flexibility index (Phi) is 6.86. The molecule has 0 fully saturated rings. The van der Waals surface area contributed by atoms with E-state index in [9.17, 15) is 0 Å². The van der Waals surface area contributed by atoms with Gasteiger partial charge in [-0.15, -0.1) is 0 Å². The number of rotatable bonds is 5. The molecule has 0 amide bonds. The molecule has 0 saturated carbocycles. The van der Waals surface area contributed by atoms with E-state index in [1.807, 2.05) is 0 Å². The van der Waals surface area contributed by atoms with Gasteiger partial charge >= 0.3 is 0 Å². The summed E-state index contributed by atoms with van der Waals surface area (Å²) in [7, 11) is 0. The van der Waals surface area contributed by atoms with Crippen LogP contribution in [-0.4, -0.2) is 24.1 Å². The monoisotopic (exact) mass is 667 g/mol. The van der Waals surface area contributed by atoms with Gasteiger partial charge in [0, 0.05) is 38.4 Å². The van der Waals surface area contributed by atoms with Gasteiger partial charge in [0.25, 0.3) is 0 Å². The third kappa shape index (κ3) is 4.89. The van der Waals surface area contributed by atoms with Crippen molar-refractivity contribution in [3.63, 3.8) is 0 Å². The van der Waals surface area contributed by atoms with E-state index in [-0.39, 0.29) is 0 Å². The van der Waals surface area contributed by atoms with Crippen LogP contribution >= 0.6 is 0 Å². The molecule has 0 bridgehead atoms. The SMILES string of the molecule is Cc1cccc(-c2nc(-c3cccc(C)c3)nc(-n3c4ccccc4c4cc(-c5ccc6c7ccccc7n(-c7ccccc7)c6c5)ccc43)n2)c1. The molecule has 0 radical (unpaired) electrons. The smallest absolute Gasteiger partial charge is 0.238 e. The van der Waals surface area contributed by atoms with E-state index in [2.05, 4.69) is 187 Å². The molecule has 10 aromatic rings. The fourth-order valence-corrected chi connectivity index (χ4v) is 7.66. The first-order chi connectivity index (χ1) is 25.6. The second-order valence-electron chi connectivity index (χ2n) is 13.5. The van der Waals surface area contributed by atoms with E-state index in [1.54, 1.807) is 0 Å². The Morgan fingerprint density at radius 1 is 0.346 bits per heavy atom. The molecule has 52 heavy (non-hydrogen) atoms. The van der Waals surface area contributed by atoms with Crippen molar-refractivity contribution in [3.05, 3.63) is 175 Å². The Balaban J connectivity index is 1.18. The standard InChI is InChI=1S/C47H33N5/c1-30-12-10-14-34(26-30)45-48-46(35-15-11-13-31(2)27-35)50-47(49-45)52-42-21-9-7-19-38(42)40-28-32(23-25-43(40)52)33-22-24-39-37-18-6-8-20-41(37)51(44(39)29-33)36-16-4-3-5-17-36/h3-29H,1-2H3. The van der Waals surface area contributed by atoms with Crippen LogP contribution in [-0.2, 0) is 0 Å². The molecule has 0 aliphatic heterocycles. The lowest BCUT2D eigenvalue weighted by Crippen LogP contribution is -2.06. The summed E-state index contributed by atoms with van der Waals surface area (Å²) in [4.78, 5) is 15.3. The number of aromatic nitrogens is 5. The van der Waals surface area contributed by atoms with Crippen LogP contribution in [0.1, 0.15) is 11.1 Å². The van der Waals surface area contributed by atoms with Crippen LogP contribution in [0.2, 0.25) is 0 Å². The van der Waals surface area contributed by atoms with E-state index in [4.69, 9.17) is 15.0 Å². The van der Waals surface area contributed by atoms with E-state index < -0.39 is 0 Å². The highest BCUT2D eigenvalue weighted by Crippen LogP contribution is 2.38. The molecule has 10 rings (SSSR count).